The molecule has 0 aromatic heterocycles. The number of sulfone groups is 1. The first-order chi connectivity index (χ1) is 15.0. The van der Waals surface area contributed by atoms with Crippen molar-refractivity contribution in [1.29, 1.82) is 0 Å². The van der Waals surface area contributed by atoms with E-state index in [1.165, 1.54) is 24.3 Å². The molecule has 32 heavy (non-hydrogen) atoms. The molecule has 1 N–H and O–H groups in total. The first kappa shape index (κ1) is 23.3. The SMILES string of the molecule is CCOc1cc(CC(=O)O)cc(S(=O)(=O)c2c(-c3ccccc3)cccc2C(F)(F)F)c1. The summed E-state index contributed by atoms with van der Waals surface area (Å²) in [5.74, 6) is -1.17. The van der Waals surface area contributed by atoms with Crippen LogP contribution < -0.4 is 4.74 Å². The van der Waals surface area contributed by atoms with Crippen LogP contribution in [-0.4, -0.2) is 26.1 Å². The summed E-state index contributed by atoms with van der Waals surface area (Å²) in [5, 5.41) is 9.10. The lowest BCUT2D eigenvalue weighted by atomic mass is 10.0. The number of ether oxygens (including phenoxy) is 1. The maximum atomic E-state index is 13.9. The van der Waals surface area contributed by atoms with Crippen LogP contribution in [0.5, 0.6) is 5.75 Å². The zero-order valence-corrected chi connectivity index (χ0v) is 17.7. The molecular weight excluding hydrogens is 445 g/mol. The van der Waals surface area contributed by atoms with E-state index in [1.54, 1.807) is 25.1 Å². The lowest BCUT2D eigenvalue weighted by molar-refractivity contribution is -0.140. The van der Waals surface area contributed by atoms with E-state index >= 15 is 0 Å². The van der Waals surface area contributed by atoms with E-state index in [9.17, 15) is 26.4 Å². The van der Waals surface area contributed by atoms with E-state index in [2.05, 4.69) is 0 Å². The highest BCUT2D eigenvalue weighted by molar-refractivity contribution is 7.91. The lowest BCUT2D eigenvalue weighted by Gasteiger charge is -2.18. The monoisotopic (exact) mass is 464 g/mol. The molecule has 9 heteroatoms. The van der Waals surface area contributed by atoms with Crippen molar-refractivity contribution in [3.05, 3.63) is 77.9 Å². The Labute approximate surface area is 183 Å². The van der Waals surface area contributed by atoms with Gasteiger partial charge in [0, 0.05) is 5.56 Å². The molecule has 0 bridgehead atoms. The summed E-state index contributed by atoms with van der Waals surface area (Å²) < 4.78 is 74.1. The molecule has 0 saturated carbocycles. The maximum absolute atomic E-state index is 13.9. The molecule has 0 heterocycles. The predicted molar refractivity (Wildman–Crippen MR) is 111 cm³/mol. The Kier molecular flexibility index (Phi) is 6.59. The standard InChI is InChI=1S/C23H19F3O5S/c1-2-31-17-11-15(13-21(27)28)12-18(14-17)32(29,30)22-19(16-7-4-3-5-8-16)9-6-10-20(22)23(24,25)26/h3-12,14H,2,13H2,1H3,(H,27,28). The average molecular weight is 464 g/mol. The number of halogens is 3. The van der Waals surface area contributed by atoms with Crippen LogP contribution in [0.15, 0.2) is 76.5 Å². The Hall–Kier alpha value is -3.33. The van der Waals surface area contributed by atoms with Crippen LogP contribution in [0, 0.1) is 0 Å². The van der Waals surface area contributed by atoms with Gasteiger partial charge in [-0.3, -0.25) is 4.79 Å². The third-order valence-electron chi connectivity index (χ3n) is 4.59. The van der Waals surface area contributed by atoms with Gasteiger partial charge in [0.15, 0.2) is 0 Å². The van der Waals surface area contributed by atoms with Gasteiger partial charge in [-0.15, -0.1) is 0 Å². The van der Waals surface area contributed by atoms with Crippen molar-refractivity contribution in [3.8, 4) is 16.9 Å². The van der Waals surface area contributed by atoms with E-state index in [0.29, 0.717) is 11.6 Å². The number of hydrogen-bond donors (Lipinski definition) is 1. The molecule has 3 aromatic carbocycles. The minimum Gasteiger partial charge on any atom is -0.494 e. The zero-order valence-electron chi connectivity index (χ0n) is 16.9. The minimum absolute atomic E-state index is 0.0515. The number of aliphatic carboxylic acids is 1. The molecule has 0 atom stereocenters. The molecule has 3 rings (SSSR count). The van der Waals surface area contributed by atoms with Gasteiger partial charge in [0.25, 0.3) is 0 Å². The molecule has 0 unspecified atom stereocenters. The topological polar surface area (TPSA) is 80.7 Å². The van der Waals surface area contributed by atoms with Crippen LogP contribution in [0.4, 0.5) is 13.2 Å². The summed E-state index contributed by atoms with van der Waals surface area (Å²) in [5.41, 5.74) is -1.03. The fourth-order valence-electron chi connectivity index (χ4n) is 3.33. The average Bonchev–Trinajstić information content (AvgIpc) is 2.73. The molecule has 0 aliphatic carbocycles. The molecule has 168 valence electrons. The Balaban J connectivity index is 2.33. The van der Waals surface area contributed by atoms with Gasteiger partial charge in [-0.2, -0.15) is 13.2 Å². The Morgan fingerprint density at radius 2 is 1.69 bits per heavy atom. The highest BCUT2D eigenvalue weighted by Gasteiger charge is 2.39. The van der Waals surface area contributed by atoms with Gasteiger partial charge >= 0.3 is 12.1 Å². The van der Waals surface area contributed by atoms with Crippen LogP contribution in [0.25, 0.3) is 11.1 Å². The quantitative estimate of drug-likeness (QED) is 0.518. The number of carboxylic acid groups (broad SMARTS) is 1. The fraction of sp³-hybridized carbons (Fsp3) is 0.174. The normalized spacial score (nSPS) is 11.9. The summed E-state index contributed by atoms with van der Waals surface area (Å²) in [4.78, 5) is 9.78. The van der Waals surface area contributed by atoms with Crippen molar-refractivity contribution in [2.45, 2.75) is 29.3 Å². The Bertz CT molecular complexity index is 1240. The van der Waals surface area contributed by atoms with Crippen molar-refractivity contribution >= 4 is 15.8 Å². The largest absolute Gasteiger partial charge is 0.494 e. The third kappa shape index (κ3) is 4.94. The summed E-state index contributed by atoms with van der Waals surface area (Å²) in [6.45, 7) is 1.80. The minimum atomic E-state index is -4.94. The van der Waals surface area contributed by atoms with Crippen molar-refractivity contribution in [1.82, 2.24) is 0 Å². The van der Waals surface area contributed by atoms with E-state index in [0.717, 1.165) is 18.2 Å². The molecule has 0 radical (unpaired) electrons. The number of alkyl halides is 3. The predicted octanol–water partition coefficient (Wildman–Crippen LogP) is 5.23. The van der Waals surface area contributed by atoms with Crippen LogP contribution in [0.2, 0.25) is 0 Å². The van der Waals surface area contributed by atoms with Gasteiger partial charge < -0.3 is 9.84 Å². The third-order valence-corrected chi connectivity index (χ3v) is 6.42. The first-order valence-corrected chi connectivity index (χ1v) is 11.0. The Morgan fingerprint density at radius 3 is 2.28 bits per heavy atom. The molecule has 0 amide bonds. The fourth-order valence-corrected chi connectivity index (χ4v) is 5.09. The second kappa shape index (κ2) is 9.04. The number of carbonyl (C=O) groups is 1. The van der Waals surface area contributed by atoms with Gasteiger partial charge in [-0.05, 0) is 42.3 Å². The molecule has 5 nitrogen and oxygen atoms in total. The number of rotatable bonds is 7. The zero-order chi connectivity index (χ0) is 23.5. The molecule has 0 spiro atoms. The van der Waals surface area contributed by atoms with Gasteiger partial charge in [-0.1, -0.05) is 42.5 Å². The second-order valence-corrected chi connectivity index (χ2v) is 8.75. The first-order valence-electron chi connectivity index (χ1n) is 9.53. The van der Waals surface area contributed by atoms with Crippen molar-refractivity contribution in [2.24, 2.45) is 0 Å². The number of benzene rings is 3. The summed E-state index contributed by atoms with van der Waals surface area (Å²) >= 11 is 0. The van der Waals surface area contributed by atoms with Gasteiger partial charge in [0.2, 0.25) is 9.84 Å². The van der Waals surface area contributed by atoms with E-state index in [1.807, 2.05) is 0 Å². The van der Waals surface area contributed by atoms with Gasteiger partial charge in [0.1, 0.15) is 5.75 Å². The number of hydrogen-bond acceptors (Lipinski definition) is 4. The molecule has 0 fully saturated rings. The van der Waals surface area contributed by atoms with Crippen LogP contribution >= 0.6 is 0 Å². The second-order valence-electron chi connectivity index (χ2n) is 6.87. The van der Waals surface area contributed by atoms with Crippen molar-refractivity contribution in [3.63, 3.8) is 0 Å². The van der Waals surface area contributed by atoms with E-state index in [-0.39, 0.29) is 23.5 Å². The highest BCUT2D eigenvalue weighted by Crippen LogP contribution is 2.42. The molecule has 0 aliphatic rings. The molecule has 0 aliphatic heterocycles. The van der Waals surface area contributed by atoms with Crippen LogP contribution in [-0.2, 0) is 27.2 Å². The van der Waals surface area contributed by atoms with Gasteiger partial charge in [-0.25, -0.2) is 8.42 Å². The summed E-state index contributed by atoms with van der Waals surface area (Å²) in [7, 11) is -4.72. The van der Waals surface area contributed by atoms with E-state index in [4.69, 9.17) is 9.84 Å². The molecule has 0 saturated heterocycles. The Morgan fingerprint density at radius 1 is 1.00 bits per heavy atom. The summed E-state index contributed by atoms with van der Waals surface area (Å²) in [6.07, 6.45) is -5.45. The van der Waals surface area contributed by atoms with Crippen LogP contribution in [0.3, 0.4) is 0 Å². The van der Waals surface area contributed by atoms with Crippen molar-refractivity contribution < 1.29 is 36.2 Å². The van der Waals surface area contributed by atoms with E-state index < -0.39 is 43.8 Å². The highest BCUT2D eigenvalue weighted by atomic mass is 32.2. The van der Waals surface area contributed by atoms with Crippen molar-refractivity contribution in [2.75, 3.05) is 6.61 Å². The maximum Gasteiger partial charge on any atom is 0.417 e. The molecular formula is C23H19F3O5S. The number of carboxylic acids is 1. The summed E-state index contributed by atoms with van der Waals surface area (Å²) in [6, 6.07) is 14.6. The van der Waals surface area contributed by atoms with Crippen LogP contribution in [0.1, 0.15) is 18.1 Å². The molecule has 3 aromatic rings. The smallest absolute Gasteiger partial charge is 0.417 e. The lowest BCUT2D eigenvalue weighted by Crippen LogP contribution is -2.15. The van der Waals surface area contributed by atoms with Gasteiger partial charge in [0.05, 0.1) is 28.4 Å².